The number of carbonyl (C=O) groups is 5. The van der Waals surface area contributed by atoms with Gasteiger partial charge in [0.05, 0.1) is 5.56 Å². The lowest BCUT2D eigenvalue weighted by molar-refractivity contribution is -0.150. The maximum Gasteiger partial charge on any atom is 0.341 e. The third-order valence-corrected chi connectivity index (χ3v) is 6.81. The number of aliphatic carboxylic acids is 1. The van der Waals surface area contributed by atoms with E-state index in [1.807, 2.05) is 0 Å². The third kappa shape index (κ3) is 3.78. The summed E-state index contributed by atoms with van der Waals surface area (Å²) in [5, 5.41) is 8.99. The molecule has 0 aliphatic carbocycles. The van der Waals surface area contributed by atoms with E-state index in [9.17, 15) is 24.0 Å². The number of benzene rings is 3. The highest BCUT2D eigenvalue weighted by Gasteiger charge is 2.53. The van der Waals surface area contributed by atoms with Crippen LogP contribution in [-0.2, 0) is 29.5 Å². The number of carboxylic acid groups (broad SMARTS) is 1. The molecule has 3 aromatic rings. The van der Waals surface area contributed by atoms with Crippen molar-refractivity contribution in [2.45, 2.75) is 18.6 Å². The molecule has 6 rings (SSSR count). The maximum absolute atomic E-state index is 13.0. The Morgan fingerprint density at radius 2 is 1.52 bits per heavy atom. The number of imide groups is 1. The van der Waals surface area contributed by atoms with Crippen LogP contribution in [0.5, 0.6) is 23.0 Å². The van der Waals surface area contributed by atoms with E-state index in [1.54, 1.807) is 42.5 Å². The molecule has 2 amide bonds. The van der Waals surface area contributed by atoms with Gasteiger partial charge in [-0.15, -0.1) is 0 Å². The largest absolute Gasteiger partial charge is 0.482 e. The fraction of sp³-hybridized carbons (Fsp3) is 0.138. The molecule has 0 saturated heterocycles. The number of hydrogen-bond donors (Lipinski definition) is 1. The quantitative estimate of drug-likeness (QED) is 0.281. The van der Waals surface area contributed by atoms with E-state index < -0.39 is 48.0 Å². The summed E-state index contributed by atoms with van der Waals surface area (Å²) in [7, 11) is 0. The lowest BCUT2D eigenvalue weighted by atomic mass is 9.77. The van der Waals surface area contributed by atoms with Gasteiger partial charge in [0.2, 0.25) is 0 Å². The Hall–Kier alpha value is -5.45. The minimum absolute atomic E-state index is 0.0529. The number of carbonyl (C=O) groups excluding carboxylic acids is 4. The highest BCUT2D eigenvalue weighted by molar-refractivity contribution is 6.14. The van der Waals surface area contributed by atoms with Crippen LogP contribution in [0.2, 0.25) is 0 Å². The molecule has 3 aromatic carbocycles. The second kappa shape index (κ2) is 9.09. The average molecular weight is 541 g/mol. The predicted molar refractivity (Wildman–Crippen MR) is 134 cm³/mol. The fourth-order valence-corrected chi connectivity index (χ4v) is 5.04. The number of ether oxygens (including phenoxy) is 4. The highest BCUT2D eigenvalue weighted by Crippen LogP contribution is 2.57. The molecule has 0 bridgehead atoms. The molecule has 11 heteroatoms. The van der Waals surface area contributed by atoms with E-state index in [1.165, 1.54) is 25.1 Å². The van der Waals surface area contributed by atoms with Crippen LogP contribution in [0.3, 0.4) is 0 Å². The molecular formula is C29H19NO10. The summed E-state index contributed by atoms with van der Waals surface area (Å²) in [4.78, 5) is 61.5. The number of esters is 2. The number of hydrogen-bond acceptors (Lipinski definition) is 9. The number of fused-ring (bicyclic) bond motifs is 6. The molecule has 3 aliphatic heterocycles. The maximum atomic E-state index is 13.0. The van der Waals surface area contributed by atoms with Gasteiger partial charge < -0.3 is 24.1 Å². The fourth-order valence-electron chi connectivity index (χ4n) is 5.04. The minimum atomic E-state index is -1.40. The molecule has 0 saturated carbocycles. The Labute approximate surface area is 226 Å². The second-order valence-electron chi connectivity index (χ2n) is 9.19. The van der Waals surface area contributed by atoms with Gasteiger partial charge in [-0.2, -0.15) is 0 Å². The molecule has 0 fully saturated rings. The number of nitrogens with zero attached hydrogens (tertiary/aromatic N) is 1. The molecule has 3 aliphatic rings. The number of rotatable bonds is 6. The van der Waals surface area contributed by atoms with E-state index in [-0.39, 0.29) is 23.0 Å². The Kier molecular flexibility index (Phi) is 5.65. The highest BCUT2D eigenvalue weighted by atomic mass is 16.6. The second-order valence-corrected chi connectivity index (χ2v) is 9.19. The third-order valence-electron chi connectivity index (χ3n) is 6.81. The van der Waals surface area contributed by atoms with Gasteiger partial charge in [0.1, 0.15) is 29.0 Å². The molecular weight excluding hydrogens is 522 g/mol. The van der Waals surface area contributed by atoms with Crippen molar-refractivity contribution in [1.29, 1.82) is 0 Å². The van der Waals surface area contributed by atoms with E-state index in [0.717, 1.165) is 17.1 Å². The molecule has 0 radical (unpaired) electrons. The lowest BCUT2D eigenvalue weighted by Gasteiger charge is -2.36. The zero-order chi connectivity index (χ0) is 28.2. The Morgan fingerprint density at radius 3 is 2.20 bits per heavy atom. The van der Waals surface area contributed by atoms with Crippen LogP contribution < -0.4 is 14.2 Å². The van der Waals surface area contributed by atoms with Gasteiger partial charge in [-0.25, -0.2) is 14.4 Å². The van der Waals surface area contributed by atoms with Gasteiger partial charge in [-0.1, -0.05) is 18.2 Å². The first kappa shape index (κ1) is 24.9. The van der Waals surface area contributed by atoms with Gasteiger partial charge >= 0.3 is 17.9 Å². The molecule has 1 N–H and O–H groups in total. The van der Waals surface area contributed by atoms with Gasteiger partial charge in [0, 0.05) is 41.0 Å². The Balaban J connectivity index is 1.40. The van der Waals surface area contributed by atoms with Crippen LogP contribution in [0.4, 0.5) is 0 Å². The summed E-state index contributed by atoms with van der Waals surface area (Å²) >= 11 is 0. The van der Waals surface area contributed by atoms with Crippen molar-refractivity contribution in [3.05, 3.63) is 95.1 Å². The molecule has 0 aromatic heterocycles. The first-order valence-electron chi connectivity index (χ1n) is 12.1. The van der Waals surface area contributed by atoms with Crippen LogP contribution in [0.15, 0.2) is 72.8 Å². The Bertz CT molecular complexity index is 1660. The molecule has 11 nitrogen and oxygen atoms in total. The van der Waals surface area contributed by atoms with Crippen LogP contribution in [0.25, 0.3) is 0 Å². The molecule has 1 unspecified atom stereocenters. The lowest BCUT2D eigenvalue weighted by Crippen LogP contribution is -2.44. The van der Waals surface area contributed by atoms with E-state index in [2.05, 4.69) is 0 Å². The van der Waals surface area contributed by atoms with Crippen molar-refractivity contribution >= 4 is 29.7 Å². The topological polar surface area (TPSA) is 146 Å². The minimum Gasteiger partial charge on any atom is -0.482 e. The van der Waals surface area contributed by atoms with Crippen LogP contribution in [0.1, 0.15) is 34.0 Å². The zero-order valence-corrected chi connectivity index (χ0v) is 20.8. The standard InChI is InChI=1S/C29H19NO10/c1-15(30-24(31)10-11-25(30)32)27(35)38-17-7-9-21-23(13-17)39-22-12-16(37-14-26(33)34)6-8-20(22)29(21)19-5-3-2-4-18(19)28(36)40-29/h2-13,15H,14H2,1H3,(H,33,34)/t15-,29?/m0/s1. The van der Waals surface area contributed by atoms with Gasteiger partial charge in [0.15, 0.2) is 12.2 Å². The average Bonchev–Trinajstić information content (AvgIpc) is 3.42. The summed E-state index contributed by atoms with van der Waals surface area (Å²) in [5.74, 6) is -3.10. The molecule has 200 valence electrons. The normalized spacial score (nSPS) is 18.9. The molecule has 1 spiro atoms. The van der Waals surface area contributed by atoms with E-state index >= 15 is 0 Å². The number of carboxylic acids is 1. The van der Waals surface area contributed by atoms with Crippen molar-refractivity contribution in [3.63, 3.8) is 0 Å². The van der Waals surface area contributed by atoms with Crippen molar-refractivity contribution in [2.24, 2.45) is 0 Å². The predicted octanol–water partition coefficient (Wildman–Crippen LogP) is 2.94. The first-order valence-corrected chi connectivity index (χ1v) is 12.1. The van der Waals surface area contributed by atoms with Gasteiger partial charge in [0.25, 0.3) is 11.8 Å². The Morgan fingerprint density at radius 1 is 0.900 bits per heavy atom. The van der Waals surface area contributed by atoms with Crippen molar-refractivity contribution in [2.75, 3.05) is 6.61 Å². The van der Waals surface area contributed by atoms with Gasteiger partial charge in [-0.3, -0.25) is 14.5 Å². The first-order chi connectivity index (χ1) is 19.2. The SMILES string of the molecule is C[C@@H](C(=O)Oc1ccc2c(c1)Oc1cc(OCC(=O)O)ccc1C21OC(=O)c2ccccc21)N1C(=O)C=CC1=O. The van der Waals surface area contributed by atoms with Crippen molar-refractivity contribution in [3.8, 4) is 23.0 Å². The monoisotopic (exact) mass is 541 g/mol. The van der Waals surface area contributed by atoms with Crippen molar-refractivity contribution < 1.29 is 48.0 Å². The number of amides is 2. The summed E-state index contributed by atoms with van der Waals surface area (Å²) in [6.07, 6.45) is 2.15. The smallest absolute Gasteiger partial charge is 0.341 e. The zero-order valence-electron chi connectivity index (χ0n) is 20.8. The molecule has 3 heterocycles. The van der Waals surface area contributed by atoms with Crippen LogP contribution in [0, 0.1) is 0 Å². The van der Waals surface area contributed by atoms with Gasteiger partial charge in [-0.05, 0) is 37.3 Å². The van der Waals surface area contributed by atoms with Crippen molar-refractivity contribution in [1.82, 2.24) is 4.90 Å². The summed E-state index contributed by atoms with van der Waals surface area (Å²) in [5.41, 5.74) is 0.474. The summed E-state index contributed by atoms with van der Waals surface area (Å²) in [6.45, 7) is 0.799. The summed E-state index contributed by atoms with van der Waals surface area (Å²) < 4.78 is 23.0. The molecule has 2 atom stereocenters. The van der Waals surface area contributed by atoms with E-state index in [0.29, 0.717) is 22.3 Å². The van der Waals surface area contributed by atoms with Crippen LogP contribution in [-0.4, -0.2) is 52.4 Å². The van der Waals surface area contributed by atoms with E-state index in [4.69, 9.17) is 24.1 Å². The molecule has 40 heavy (non-hydrogen) atoms. The summed E-state index contributed by atoms with van der Waals surface area (Å²) in [6, 6.07) is 14.9. The van der Waals surface area contributed by atoms with Crippen LogP contribution >= 0.6 is 0 Å².